The Morgan fingerprint density at radius 3 is 1.38 bits per heavy atom. The third kappa shape index (κ3) is 8.21. The van der Waals surface area contributed by atoms with Crippen molar-refractivity contribution in [3.63, 3.8) is 0 Å². The molecule has 3 aromatic rings. The molecule has 0 aliphatic carbocycles. The second-order valence-corrected chi connectivity index (χ2v) is 16.8. The highest BCUT2D eigenvalue weighted by Crippen LogP contribution is 2.40. The molecule has 0 saturated heterocycles. The summed E-state index contributed by atoms with van der Waals surface area (Å²) in [7, 11) is 0. The van der Waals surface area contributed by atoms with Crippen molar-refractivity contribution in [3.05, 3.63) is 93.5 Å². The summed E-state index contributed by atoms with van der Waals surface area (Å²) >= 11 is 7.21. The Morgan fingerprint density at radius 2 is 1.00 bits per heavy atom. The van der Waals surface area contributed by atoms with Crippen LogP contribution in [0.3, 0.4) is 0 Å². The van der Waals surface area contributed by atoms with Crippen molar-refractivity contribution in [1.82, 2.24) is 10.6 Å². The average molecular weight is 635 g/mol. The summed E-state index contributed by atoms with van der Waals surface area (Å²) in [6, 6.07) is 16.3. The van der Waals surface area contributed by atoms with E-state index in [9.17, 15) is 19.8 Å². The predicted octanol–water partition coefficient (Wildman–Crippen LogP) is 8.54. The van der Waals surface area contributed by atoms with Gasteiger partial charge in [-0.05, 0) is 50.5 Å². The Bertz CT molecular complexity index is 1570. The average Bonchev–Trinajstić information content (AvgIpc) is 2.89. The number of hydrogen-bond donors (Lipinski definition) is 4. The maximum atomic E-state index is 14.0. The first-order valence-electron chi connectivity index (χ1n) is 15.5. The van der Waals surface area contributed by atoms with E-state index in [1.54, 1.807) is 36.4 Å². The molecule has 4 N–H and O–H groups in total. The van der Waals surface area contributed by atoms with Crippen molar-refractivity contribution in [2.24, 2.45) is 0 Å². The third-order valence-corrected chi connectivity index (χ3v) is 8.54. The number of carbonyl (C=O) groups excluding carboxylic acids is 2. The summed E-state index contributed by atoms with van der Waals surface area (Å²) in [4.78, 5) is 26.1. The zero-order valence-corrected chi connectivity index (χ0v) is 29.7. The van der Waals surface area contributed by atoms with Gasteiger partial charge < -0.3 is 20.8 Å². The molecular formula is C38H51ClN2O4. The number of benzene rings is 3. The number of halogens is 1. The van der Waals surface area contributed by atoms with Gasteiger partial charge in [0.2, 0.25) is 0 Å². The zero-order chi connectivity index (χ0) is 34.3. The van der Waals surface area contributed by atoms with Gasteiger partial charge in [0.25, 0.3) is 11.8 Å². The molecule has 0 fully saturated rings. The molecule has 1 atom stereocenters. The standard InChI is InChI=1S/C38H51ClN2O4/c1-34(2,3)24-18-26(30(42)28(20-24)36(7,8)9)32(44)40-22-38(39,23-16-14-13-15-17-23)41-33(45)27-19-25(35(4,5)6)21-29(31(27)43)37(10,11)12/h13-21,42-43H,22H2,1-12H3,(H,40,44)(H,41,45)/t38-/m1/s1. The van der Waals surface area contributed by atoms with Gasteiger partial charge in [-0.1, -0.05) is 137 Å². The lowest BCUT2D eigenvalue weighted by atomic mass is 9.78. The van der Waals surface area contributed by atoms with Crippen LogP contribution in [-0.2, 0) is 26.7 Å². The molecule has 0 saturated carbocycles. The van der Waals surface area contributed by atoms with Crippen LogP contribution in [0.2, 0.25) is 0 Å². The van der Waals surface area contributed by atoms with Crippen molar-refractivity contribution in [1.29, 1.82) is 0 Å². The van der Waals surface area contributed by atoms with E-state index in [1.807, 2.05) is 80.5 Å². The number of nitrogens with one attached hydrogen (secondary N) is 2. The van der Waals surface area contributed by atoms with E-state index in [1.165, 1.54) is 0 Å². The van der Waals surface area contributed by atoms with Crippen LogP contribution < -0.4 is 10.6 Å². The quantitative estimate of drug-likeness (QED) is 0.161. The third-order valence-electron chi connectivity index (χ3n) is 8.09. The number of alkyl halides is 1. The lowest BCUT2D eigenvalue weighted by molar-refractivity contribution is 0.0893. The van der Waals surface area contributed by atoms with E-state index in [2.05, 4.69) is 31.4 Å². The van der Waals surface area contributed by atoms with Crippen LogP contribution >= 0.6 is 11.6 Å². The number of carbonyl (C=O) groups is 2. The van der Waals surface area contributed by atoms with Gasteiger partial charge in [-0.3, -0.25) is 9.59 Å². The van der Waals surface area contributed by atoms with Crippen molar-refractivity contribution >= 4 is 23.4 Å². The molecule has 0 aliphatic rings. The summed E-state index contributed by atoms with van der Waals surface area (Å²) in [6.07, 6.45) is 0. The van der Waals surface area contributed by atoms with Gasteiger partial charge in [-0.15, -0.1) is 0 Å². The van der Waals surface area contributed by atoms with E-state index >= 15 is 0 Å². The maximum absolute atomic E-state index is 14.0. The molecule has 7 heteroatoms. The summed E-state index contributed by atoms with van der Waals surface area (Å²) in [5.74, 6) is -1.30. The van der Waals surface area contributed by atoms with Gasteiger partial charge in [0.05, 0.1) is 17.7 Å². The number of aromatic hydroxyl groups is 2. The van der Waals surface area contributed by atoms with E-state index in [0.29, 0.717) is 16.7 Å². The topological polar surface area (TPSA) is 98.7 Å². The van der Waals surface area contributed by atoms with Gasteiger partial charge in [0.1, 0.15) is 11.5 Å². The molecule has 0 unspecified atom stereocenters. The molecule has 0 bridgehead atoms. The van der Waals surface area contributed by atoms with Crippen molar-refractivity contribution in [2.45, 2.75) is 110 Å². The zero-order valence-electron chi connectivity index (χ0n) is 29.0. The first-order valence-corrected chi connectivity index (χ1v) is 15.8. The van der Waals surface area contributed by atoms with Crippen LogP contribution in [0.15, 0.2) is 54.6 Å². The highest BCUT2D eigenvalue weighted by molar-refractivity contribution is 6.25. The normalized spacial score (nSPS) is 14.1. The molecule has 3 rings (SSSR count). The molecule has 0 aromatic heterocycles. The molecule has 3 aromatic carbocycles. The number of amides is 2. The minimum atomic E-state index is -1.58. The first kappa shape index (κ1) is 36.0. The Hall–Kier alpha value is -3.51. The minimum Gasteiger partial charge on any atom is -0.507 e. The minimum absolute atomic E-state index is 0.0875. The second kappa shape index (κ2) is 12.4. The van der Waals surface area contributed by atoms with Gasteiger partial charge in [0, 0.05) is 11.1 Å². The number of phenols is 2. The maximum Gasteiger partial charge on any atom is 0.256 e. The van der Waals surface area contributed by atoms with E-state index in [0.717, 1.165) is 11.1 Å². The van der Waals surface area contributed by atoms with Crippen LogP contribution in [0.1, 0.15) is 132 Å². The molecular weight excluding hydrogens is 584 g/mol. The highest BCUT2D eigenvalue weighted by atomic mass is 35.5. The molecule has 0 aliphatic heterocycles. The molecule has 0 heterocycles. The summed E-state index contributed by atoms with van der Waals surface area (Å²) in [5.41, 5.74) is 2.50. The fourth-order valence-electron chi connectivity index (χ4n) is 5.09. The van der Waals surface area contributed by atoms with Crippen LogP contribution in [-0.4, -0.2) is 28.6 Å². The van der Waals surface area contributed by atoms with Gasteiger partial charge >= 0.3 is 0 Å². The second-order valence-electron chi connectivity index (χ2n) is 16.1. The molecule has 45 heavy (non-hydrogen) atoms. The Labute approximate surface area is 274 Å². The number of hydrogen-bond acceptors (Lipinski definition) is 4. The van der Waals surface area contributed by atoms with Gasteiger partial charge in [-0.25, -0.2) is 0 Å². The predicted molar refractivity (Wildman–Crippen MR) is 185 cm³/mol. The first-order chi connectivity index (χ1) is 20.4. The van der Waals surface area contributed by atoms with E-state index in [-0.39, 0.29) is 40.0 Å². The van der Waals surface area contributed by atoms with Crippen LogP contribution in [0, 0.1) is 0 Å². The van der Waals surface area contributed by atoms with Crippen LogP contribution in [0.5, 0.6) is 11.5 Å². The molecule has 0 radical (unpaired) electrons. The lowest BCUT2D eigenvalue weighted by Gasteiger charge is -2.31. The summed E-state index contributed by atoms with van der Waals surface area (Å²) in [6.45, 7) is 24.0. The largest absolute Gasteiger partial charge is 0.507 e. The summed E-state index contributed by atoms with van der Waals surface area (Å²) < 4.78 is 0. The molecule has 0 spiro atoms. The number of phenolic OH excluding ortho intramolecular Hbond substituents is 2. The van der Waals surface area contributed by atoms with Crippen LogP contribution in [0.25, 0.3) is 0 Å². The summed E-state index contributed by atoms with van der Waals surface area (Å²) in [5, 5.41) is 28.4. The number of rotatable bonds is 6. The molecule has 244 valence electrons. The fourth-order valence-corrected chi connectivity index (χ4v) is 5.37. The van der Waals surface area contributed by atoms with Crippen molar-refractivity contribution in [2.75, 3.05) is 6.54 Å². The Kier molecular flexibility index (Phi) is 9.87. The van der Waals surface area contributed by atoms with Crippen LogP contribution in [0.4, 0.5) is 0 Å². The monoisotopic (exact) mass is 634 g/mol. The van der Waals surface area contributed by atoms with Crippen molar-refractivity contribution < 1.29 is 19.8 Å². The SMILES string of the molecule is CC(C)(C)c1cc(C(=O)NC[C@@](Cl)(NC(=O)c2cc(C(C)(C)C)cc(C(C)(C)C)c2O)c2ccccc2)c(O)c(C(C)(C)C)c1. The molecule has 2 amide bonds. The Morgan fingerprint density at radius 1 is 0.600 bits per heavy atom. The lowest BCUT2D eigenvalue weighted by Crippen LogP contribution is -2.49. The highest BCUT2D eigenvalue weighted by Gasteiger charge is 2.36. The van der Waals surface area contributed by atoms with E-state index in [4.69, 9.17) is 11.6 Å². The van der Waals surface area contributed by atoms with E-state index < -0.39 is 27.6 Å². The van der Waals surface area contributed by atoms with Crippen molar-refractivity contribution in [3.8, 4) is 11.5 Å². The van der Waals surface area contributed by atoms with Gasteiger partial charge in [-0.2, -0.15) is 0 Å². The fraction of sp³-hybridized carbons (Fsp3) is 0.474. The van der Waals surface area contributed by atoms with Gasteiger partial charge in [0.15, 0.2) is 5.00 Å². The Balaban J connectivity index is 2.07. The molecule has 6 nitrogen and oxygen atoms in total. The smallest absolute Gasteiger partial charge is 0.256 e.